The summed E-state index contributed by atoms with van der Waals surface area (Å²) in [5.74, 6) is -1.44. The summed E-state index contributed by atoms with van der Waals surface area (Å²) in [6, 6.07) is 5.81. The number of carbonyl (C=O) groups is 2. The Kier molecular flexibility index (Phi) is 7.38. The third kappa shape index (κ3) is 5.87. The highest BCUT2D eigenvalue weighted by Crippen LogP contribution is 2.30. The molecule has 1 aliphatic carbocycles. The lowest BCUT2D eigenvalue weighted by molar-refractivity contribution is -0.159. The van der Waals surface area contributed by atoms with Gasteiger partial charge in [0, 0.05) is 30.3 Å². The molecule has 1 saturated heterocycles. The molecular weight excluding hydrogens is 451 g/mol. The second kappa shape index (κ2) is 10.4. The molecule has 184 valence electrons. The van der Waals surface area contributed by atoms with Crippen LogP contribution in [0.25, 0.3) is 11.4 Å². The van der Waals surface area contributed by atoms with Gasteiger partial charge in [0.15, 0.2) is 0 Å². The fourth-order valence-electron chi connectivity index (χ4n) is 4.56. The number of amides is 3. The molecule has 2 aliphatic rings. The van der Waals surface area contributed by atoms with E-state index < -0.39 is 12.1 Å². The Labute approximate surface area is 195 Å². The van der Waals surface area contributed by atoms with Crippen LogP contribution >= 0.6 is 0 Å². The van der Waals surface area contributed by atoms with E-state index in [1.807, 2.05) is 0 Å². The predicted octanol–water partition coefficient (Wildman–Crippen LogP) is 4.84. The van der Waals surface area contributed by atoms with Gasteiger partial charge >= 0.3 is 18.1 Å². The van der Waals surface area contributed by atoms with Gasteiger partial charge in [-0.1, -0.05) is 24.4 Å². The highest BCUT2D eigenvalue weighted by atomic mass is 19.4. The summed E-state index contributed by atoms with van der Waals surface area (Å²) in [4.78, 5) is 30.5. The number of benzene rings is 1. The van der Waals surface area contributed by atoms with Crippen molar-refractivity contribution in [3.63, 3.8) is 0 Å². The van der Waals surface area contributed by atoms with Gasteiger partial charge in [0.1, 0.15) is 0 Å². The van der Waals surface area contributed by atoms with E-state index in [-0.39, 0.29) is 29.7 Å². The van der Waals surface area contributed by atoms with Gasteiger partial charge in [-0.3, -0.25) is 4.79 Å². The van der Waals surface area contributed by atoms with E-state index in [1.54, 1.807) is 17.0 Å². The highest BCUT2D eigenvalue weighted by Gasteiger charge is 2.38. The van der Waals surface area contributed by atoms with Crippen molar-refractivity contribution in [3.8, 4) is 11.4 Å². The molecule has 2 N–H and O–H groups in total. The topological polar surface area (TPSA) is 100 Å². The van der Waals surface area contributed by atoms with Gasteiger partial charge in [0.25, 0.3) is 0 Å². The van der Waals surface area contributed by atoms with Crippen LogP contribution in [-0.2, 0) is 11.0 Å². The first kappa shape index (κ1) is 24.0. The van der Waals surface area contributed by atoms with Crippen LogP contribution in [-0.4, -0.2) is 46.1 Å². The molecule has 2 fully saturated rings. The Morgan fingerprint density at radius 1 is 1.03 bits per heavy atom. The van der Waals surface area contributed by atoms with Crippen molar-refractivity contribution >= 4 is 17.6 Å². The fraction of sp³-hybridized carbons (Fsp3) is 0.565. The number of halogens is 3. The van der Waals surface area contributed by atoms with E-state index in [1.165, 1.54) is 18.6 Å². The largest absolute Gasteiger partial charge is 0.471 e. The Balaban J connectivity index is 1.34. The maximum atomic E-state index is 12.9. The van der Waals surface area contributed by atoms with Crippen molar-refractivity contribution in [2.45, 2.75) is 63.6 Å². The second-order valence-electron chi connectivity index (χ2n) is 8.85. The lowest BCUT2D eigenvalue weighted by Crippen LogP contribution is -2.51. The van der Waals surface area contributed by atoms with Gasteiger partial charge in [-0.25, -0.2) is 4.79 Å². The molecule has 2 aromatic rings. The monoisotopic (exact) mass is 479 g/mol. The lowest BCUT2D eigenvalue weighted by Gasteiger charge is -2.36. The summed E-state index contributed by atoms with van der Waals surface area (Å²) in [5.41, 5.74) is 0.822. The minimum absolute atomic E-state index is 0.0737. The molecule has 0 spiro atoms. The quantitative estimate of drug-likeness (QED) is 0.639. The van der Waals surface area contributed by atoms with Crippen LogP contribution in [0.2, 0.25) is 0 Å². The number of alkyl halides is 3. The lowest BCUT2D eigenvalue weighted by atomic mass is 9.88. The molecule has 1 aromatic carbocycles. The summed E-state index contributed by atoms with van der Waals surface area (Å²) < 4.78 is 42.2. The first-order chi connectivity index (χ1) is 16.3. The molecule has 1 aliphatic heterocycles. The van der Waals surface area contributed by atoms with E-state index in [4.69, 9.17) is 0 Å². The number of likely N-dealkylation sites (tertiary alicyclic amines) is 1. The van der Waals surface area contributed by atoms with Gasteiger partial charge in [0.2, 0.25) is 11.7 Å². The number of hydrogen-bond donors (Lipinski definition) is 2. The highest BCUT2D eigenvalue weighted by molar-refractivity contribution is 5.90. The van der Waals surface area contributed by atoms with Crippen molar-refractivity contribution in [3.05, 3.63) is 30.2 Å². The molecule has 2 heterocycles. The number of nitrogens with zero attached hydrogens (tertiary/aromatic N) is 3. The van der Waals surface area contributed by atoms with Crippen molar-refractivity contribution in [1.82, 2.24) is 20.4 Å². The molecular formula is C23H28F3N5O3. The molecule has 1 unspecified atom stereocenters. The van der Waals surface area contributed by atoms with E-state index in [0.717, 1.165) is 44.9 Å². The van der Waals surface area contributed by atoms with Gasteiger partial charge < -0.3 is 20.1 Å². The van der Waals surface area contributed by atoms with Crippen molar-refractivity contribution in [1.29, 1.82) is 0 Å². The number of rotatable bonds is 5. The zero-order valence-corrected chi connectivity index (χ0v) is 18.7. The predicted molar refractivity (Wildman–Crippen MR) is 118 cm³/mol. The molecule has 3 amide bonds. The van der Waals surface area contributed by atoms with Crippen LogP contribution in [0.15, 0.2) is 28.8 Å². The Bertz CT molecular complexity index is 986. The molecule has 4 rings (SSSR count). The standard InChI is InChI=1S/C23H28F3N5O3/c24-23(25,26)21-29-19(30-34-21)15-9-11-17(12-10-15)28-22(33)31-13-5-4-8-18(31)14-27-20(32)16-6-2-1-3-7-16/h9-12,16,18H,1-8,13-14H2,(H,27,32)(H,28,33). The van der Waals surface area contributed by atoms with Gasteiger partial charge in [0.05, 0.1) is 6.04 Å². The van der Waals surface area contributed by atoms with Crippen molar-refractivity contribution < 1.29 is 27.3 Å². The Morgan fingerprint density at radius 3 is 2.41 bits per heavy atom. The number of urea groups is 1. The zero-order valence-electron chi connectivity index (χ0n) is 18.7. The van der Waals surface area contributed by atoms with Crippen LogP contribution in [0.5, 0.6) is 0 Å². The summed E-state index contributed by atoms with van der Waals surface area (Å²) in [6.45, 7) is 1.03. The fourth-order valence-corrected chi connectivity index (χ4v) is 4.56. The summed E-state index contributed by atoms with van der Waals surface area (Å²) in [7, 11) is 0. The second-order valence-corrected chi connectivity index (χ2v) is 8.85. The summed E-state index contributed by atoms with van der Waals surface area (Å²) in [5, 5.41) is 9.24. The van der Waals surface area contributed by atoms with E-state index in [0.29, 0.717) is 24.3 Å². The number of hydrogen-bond acceptors (Lipinski definition) is 5. The van der Waals surface area contributed by atoms with E-state index in [2.05, 4.69) is 25.3 Å². The molecule has 11 heteroatoms. The Hall–Kier alpha value is -3.11. The maximum Gasteiger partial charge on any atom is 0.471 e. The normalized spacial score (nSPS) is 19.6. The first-order valence-corrected chi connectivity index (χ1v) is 11.7. The number of aromatic nitrogens is 2. The van der Waals surface area contributed by atoms with E-state index >= 15 is 0 Å². The summed E-state index contributed by atoms with van der Waals surface area (Å²) in [6.07, 6.45) is 3.21. The third-order valence-corrected chi connectivity index (χ3v) is 6.44. The number of anilines is 1. The minimum atomic E-state index is -4.71. The van der Waals surface area contributed by atoms with Crippen LogP contribution in [0.3, 0.4) is 0 Å². The van der Waals surface area contributed by atoms with Crippen LogP contribution in [0.1, 0.15) is 57.3 Å². The molecule has 1 saturated carbocycles. The number of nitrogens with one attached hydrogen (secondary N) is 2. The average molecular weight is 480 g/mol. The zero-order chi connectivity index (χ0) is 24.1. The molecule has 1 aromatic heterocycles. The maximum absolute atomic E-state index is 12.9. The molecule has 1 atom stereocenters. The molecule has 0 bridgehead atoms. The molecule has 0 radical (unpaired) electrons. The minimum Gasteiger partial charge on any atom is -0.354 e. The smallest absolute Gasteiger partial charge is 0.354 e. The van der Waals surface area contributed by atoms with Crippen molar-refractivity contribution in [2.24, 2.45) is 5.92 Å². The molecule has 8 nitrogen and oxygen atoms in total. The third-order valence-electron chi connectivity index (χ3n) is 6.44. The average Bonchev–Trinajstić information content (AvgIpc) is 3.35. The van der Waals surface area contributed by atoms with Crippen LogP contribution in [0, 0.1) is 5.92 Å². The SMILES string of the molecule is O=C(NCC1CCCCN1C(=O)Nc1ccc(-c2noc(C(F)(F)F)n2)cc1)C1CCCCC1. The van der Waals surface area contributed by atoms with E-state index in [9.17, 15) is 22.8 Å². The first-order valence-electron chi connectivity index (χ1n) is 11.7. The Morgan fingerprint density at radius 2 is 1.74 bits per heavy atom. The van der Waals surface area contributed by atoms with Gasteiger partial charge in [-0.05, 0) is 56.4 Å². The number of piperidine rings is 1. The van der Waals surface area contributed by atoms with Crippen LogP contribution in [0.4, 0.5) is 23.7 Å². The molecule has 34 heavy (non-hydrogen) atoms. The van der Waals surface area contributed by atoms with Crippen LogP contribution < -0.4 is 10.6 Å². The van der Waals surface area contributed by atoms with Gasteiger partial charge in [-0.2, -0.15) is 18.2 Å². The van der Waals surface area contributed by atoms with Gasteiger partial charge in [-0.15, -0.1) is 0 Å². The summed E-state index contributed by atoms with van der Waals surface area (Å²) >= 11 is 0. The number of carbonyl (C=O) groups excluding carboxylic acids is 2. The van der Waals surface area contributed by atoms with Crippen molar-refractivity contribution in [2.75, 3.05) is 18.4 Å².